The van der Waals surface area contributed by atoms with Gasteiger partial charge in [0.1, 0.15) is 5.82 Å². The summed E-state index contributed by atoms with van der Waals surface area (Å²) in [7, 11) is 1.70. The van der Waals surface area contributed by atoms with Crippen molar-refractivity contribution >= 4 is 17.4 Å². The van der Waals surface area contributed by atoms with E-state index in [4.69, 9.17) is 16.3 Å². The molecule has 0 saturated carbocycles. The molecule has 0 amide bonds. The lowest BCUT2D eigenvalue weighted by Gasteiger charge is -2.19. The Labute approximate surface area is 106 Å². The molecule has 1 aromatic heterocycles. The quantitative estimate of drug-likeness (QED) is 0.613. The highest BCUT2D eigenvalue weighted by atomic mass is 35.5. The van der Waals surface area contributed by atoms with Gasteiger partial charge in [-0.15, -0.1) is 0 Å². The number of methoxy groups -OCH3 is 1. The zero-order valence-electron chi connectivity index (χ0n) is 9.92. The number of anilines is 1. The molecule has 17 heavy (non-hydrogen) atoms. The van der Waals surface area contributed by atoms with Gasteiger partial charge in [-0.3, -0.25) is 0 Å². The zero-order chi connectivity index (χ0) is 12.1. The number of hydrogen-bond acceptors (Lipinski definition) is 5. The first kappa shape index (κ1) is 12.5. The smallest absolute Gasteiger partial charge is 0.224 e. The van der Waals surface area contributed by atoms with E-state index >= 15 is 0 Å². The Morgan fingerprint density at radius 3 is 3.18 bits per heavy atom. The van der Waals surface area contributed by atoms with Gasteiger partial charge in [0.25, 0.3) is 0 Å². The number of nitrogens with zero attached hydrogens (tertiary/aromatic N) is 2. The van der Waals surface area contributed by atoms with Crippen LogP contribution in [0.1, 0.15) is 17.7 Å². The van der Waals surface area contributed by atoms with Crippen LogP contribution in [0.3, 0.4) is 0 Å². The van der Waals surface area contributed by atoms with Gasteiger partial charge in [-0.1, -0.05) is 0 Å². The van der Waals surface area contributed by atoms with Crippen molar-refractivity contribution in [3.63, 3.8) is 0 Å². The molecule has 1 aromatic rings. The minimum Gasteiger partial charge on any atom is -0.385 e. The van der Waals surface area contributed by atoms with Gasteiger partial charge in [0, 0.05) is 45.3 Å². The predicted molar refractivity (Wildman–Crippen MR) is 67.4 cm³/mol. The third-order valence-corrected chi connectivity index (χ3v) is 2.89. The van der Waals surface area contributed by atoms with Crippen LogP contribution in [0.2, 0.25) is 5.28 Å². The molecule has 0 spiro atoms. The number of rotatable bonds is 5. The van der Waals surface area contributed by atoms with E-state index in [9.17, 15) is 0 Å². The van der Waals surface area contributed by atoms with Crippen molar-refractivity contribution in [1.29, 1.82) is 0 Å². The van der Waals surface area contributed by atoms with Crippen LogP contribution < -0.4 is 10.6 Å². The average molecular weight is 257 g/mol. The number of fused-ring (bicyclic) bond motifs is 1. The van der Waals surface area contributed by atoms with Crippen LogP contribution >= 0.6 is 11.6 Å². The van der Waals surface area contributed by atoms with Crippen molar-refractivity contribution in [2.24, 2.45) is 0 Å². The number of hydrogen-bond donors (Lipinski definition) is 2. The second kappa shape index (κ2) is 6.14. The molecule has 0 aromatic carbocycles. The molecule has 0 saturated heterocycles. The molecule has 0 radical (unpaired) electrons. The van der Waals surface area contributed by atoms with E-state index < -0.39 is 0 Å². The Kier molecular flexibility index (Phi) is 4.53. The van der Waals surface area contributed by atoms with Gasteiger partial charge in [-0.25, -0.2) is 9.97 Å². The highest BCUT2D eigenvalue weighted by molar-refractivity contribution is 6.28. The van der Waals surface area contributed by atoms with E-state index in [1.54, 1.807) is 7.11 Å². The molecule has 6 heteroatoms. The Morgan fingerprint density at radius 1 is 1.47 bits per heavy atom. The first-order valence-electron chi connectivity index (χ1n) is 5.80. The molecular weight excluding hydrogens is 240 g/mol. The maximum absolute atomic E-state index is 5.91. The van der Waals surface area contributed by atoms with Crippen molar-refractivity contribution < 1.29 is 4.74 Å². The zero-order valence-corrected chi connectivity index (χ0v) is 10.7. The van der Waals surface area contributed by atoms with Crippen LogP contribution in [-0.2, 0) is 17.7 Å². The summed E-state index contributed by atoms with van der Waals surface area (Å²) >= 11 is 5.91. The van der Waals surface area contributed by atoms with Crippen LogP contribution in [0.4, 0.5) is 5.82 Å². The summed E-state index contributed by atoms with van der Waals surface area (Å²) in [6.45, 7) is 3.32. The molecule has 0 unspecified atom stereocenters. The number of halogens is 1. The second-order valence-electron chi connectivity index (χ2n) is 3.97. The lowest BCUT2D eigenvalue weighted by molar-refractivity contribution is 0.197. The van der Waals surface area contributed by atoms with Crippen LogP contribution in [0, 0.1) is 0 Å². The summed E-state index contributed by atoms with van der Waals surface area (Å²) in [4.78, 5) is 8.51. The average Bonchev–Trinajstić information content (AvgIpc) is 2.34. The fourth-order valence-corrected chi connectivity index (χ4v) is 2.07. The molecule has 2 heterocycles. The Bertz CT molecular complexity index is 386. The fourth-order valence-electron chi connectivity index (χ4n) is 1.88. The van der Waals surface area contributed by atoms with Gasteiger partial charge in [0.05, 0.1) is 5.69 Å². The molecule has 94 valence electrons. The predicted octanol–water partition coefficient (Wildman–Crippen LogP) is 1.22. The molecule has 0 bridgehead atoms. The van der Waals surface area contributed by atoms with Gasteiger partial charge in [-0.2, -0.15) is 0 Å². The van der Waals surface area contributed by atoms with Crippen LogP contribution in [0.5, 0.6) is 0 Å². The summed E-state index contributed by atoms with van der Waals surface area (Å²) in [5.41, 5.74) is 2.19. The van der Waals surface area contributed by atoms with Crippen LogP contribution in [0.25, 0.3) is 0 Å². The van der Waals surface area contributed by atoms with Gasteiger partial charge < -0.3 is 15.4 Å². The summed E-state index contributed by atoms with van der Waals surface area (Å²) in [6.07, 6.45) is 1.85. The molecular formula is C11H17ClN4O. The highest BCUT2D eigenvalue weighted by Crippen LogP contribution is 2.21. The third kappa shape index (κ3) is 3.28. The molecule has 1 aliphatic rings. The van der Waals surface area contributed by atoms with E-state index in [0.29, 0.717) is 5.28 Å². The molecule has 5 nitrogen and oxygen atoms in total. The topological polar surface area (TPSA) is 59.1 Å². The molecule has 0 aliphatic carbocycles. The molecule has 2 N–H and O–H groups in total. The molecule has 1 aliphatic heterocycles. The van der Waals surface area contributed by atoms with Gasteiger partial charge in [-0.05, 0) is 18.0 Å². The number of aromatic nitrogens is 2. The van der Waals surface area contributed by atoms with E-state index in [2.05, 4.69) is 20.6 Å². The number of ether oxygens (including phenoxy) is 1. The maximum Gasteiger partial charge on any atom is 0.224 e. The summed E-state index contributed by atoms with van der Waals surface area (Å²) in [6, 6.07) is 0. The monoisotopic (exact) mass is 256 g/mol. The molecule has 2 rings (SSSR count). The standard InChI is InChI=1S/C11H17ClN4O/c1-17-6-2-4-14-10-8-7-13-5-3-9(8)15-11(12)16-10/h13H,2-7H2,1H3,(H,14,15,16). The van der Waals surface area contributed by atoms with E-state index in [1.165, 1.54) is 0 Å². The summed E-state index contributed by atoms with van der Waals surface area (Å²) in [5.74, 6) is 0.850. The summed E-state index contributed by atoms with van der Waals surface area (Å²) in [5, 5.41) is 6.93. The first-order chi connectivity index (χ1) is 8.31. The Balaban J connectivity index is 2.07. The Morgan fingerprint density at radius 2 is 2.35 bits per heavy atom. The lowest BCUT2D eigenvalue weighted by atomic mass is 10.1. The summed E-state index contributed by atoms with van der Waals surface area (Å²) < 4.78 is 5.00. The second-order valence-corrected chi connectivity index (χ2v) is 4.30. The largest absolute Gasteiger partial charge is 0.385 e. The van der Waals surface area contributed by atoms with E-state index in [0.717, 1.165) is 56.2 Å². The van der Waals surface area contributed by atoms with Crippen molar-refractivity contribution in [3.05, 3.63) is 16.5 Å². The lowest BCUT2D eigenvalue weighted by Crippen LogP contribution is -2.26. The maximum atomic E-state index is 5.91. The molecule has 0 fully saturated rings. The number of nitrogens with one attached hydrogen (secondary N) is 2. The fraction of sp³-hybridized carbons (Fsp3) is 0.636. The SMILES string of the molecule is COCCCNc1nc(Cl)nc2c1CNCC2. The van der Waals surface area contributed by atoms with Crippen molar-refractivity contribution in [2.75, 3.05) is 32.1 Å². The van der Waals surface area contributed by atoms with Crippen LogP contribution in [-0.4, -0.2) is 36.8 Å². The molecule has 0 atom stereocenters. The minimum atomic E-state index is 0.319. The van der Waals surface area contributed by atoms with Gasteiger partial charge in [0.15, 0.2) is 0 Å². The van der Waals surface area contributed by atoms with E-state index in [-0.39, 0.29) is 0 Å². The normalized spacial score (nSPS) is 14.5. The van der Waals surface area contributed by atoms with Crippen LogP contribution in [0.15, 0.2) is 0 Å². The van der Waals surface area contributed by atoms with Gasteiger partial charge >= 0.3 is 0 Å². The van der Waals surface area contributed by atoms with Gasteiger partial charge in [0.2, 0.25) is 5.28 Å². The first-order valence-corrected chi connectivity index (χ1v) is 6.18. The van der Waals surface area contributed by atoms with Crippen molar-refractivity contribution in [2.45, 2.75) is 19.4 Å². The third-order valence-electron chi connectivity index (χ3n) is 2.72. The minimum absolute atomic E-state index is 0.319. The highest BCUT2D eigenvalue weighted by Gasteiger charge is 2.16. The van der Waals surface area contributed by atoms with Crippen molar-refractivity contribution in [1.82, 2.24) is 15.3 Å². The Hall–Kier alpha value is -0.910. The van der Waals surface area contributed by atoms with Crippen molar-refractivity contribution in [3.8, 4) is 0 Å². The van der Waals surface area contributed by atoms with E-state index in [1.807, 2.05) is 0 Å².